The zero-order valence-corrected chi connectivity index (χ0v) is 20.2. The van der Waals surface area contributed by atoms with Crippen molar-refractivity contribution in [1.82, 2.24) is 19.7 Å². The Morgan fingerprint density at radius 1 is 1.11 bits per heavy atom. The van der Waals surface area contributed by atoms with Crippen LogP contribution in [0.2, 0.25) is 0 Å². The number of pyridine rings is 1. The molecular weight excluding hydrogens is 456 g/mol. The monoisotopic (exact) mass is 482 g/mol. The summed E-state index contributed by atoms with van der Waals surface area (Å²) in [7, 11) is 1.62. The van der Waals surface area contributed by atoms with Crippen LogP contribution >= 0.6 is 0 Å². The highest BCUT2D eigenvalue weighted by atomic mass is 16.5. The Balaban J connectivity index is 1.59. The molecule has 9 nitrogen and oxygen atoms in total. The fourth-order valence-corrected chi connectivity index (χ4v) is 4.19. The maximum atomic E-state index is 13.6. The summed E-state index contributed by atoms with van der Waals surface area (Å²) < 4.78 is 12.7. The normalized spacial score (nSPS) is 14.6. The minimum Gasteiger partial charge on any atom is -0.497 e. The maximum Gasteiger partial charge on any atom is 0.255 e. The van der Waals surface area contributed by atoms with E-state index in [2.05, 4.69) is 15.6 Å². The number of amides is 1. The van der Waals surface area contributed by atoms with Gasteiger partial charge in [-0.25, -0.2) is 4.68 Å². The zero-order chi connectivity index (χ0) is 25.1. The molecule has 0 spiro atoms. The molecule has 182 valence electrons. The first-order chi connectivity index (χ1) is 17.6. The Morgan fingerprint density at radius 3 is 2.67 bits per heavy atom. The third-order valence-electron chi connectivity index (χ3n) is 5.85. The number of nitrogens with zero attached hydrogens (tertiary/aromatic N) is 4. The molecule has 2 aromatic heterocycles. The number of hydrogen-bond acceptors (Lipinski definition) is 7. The Kier molecular flexibility index (Phi) is 6.36. The van der Waals surface area contributed by atoms with Crippen molar-refractivity contribution in [3.63, 3.8) is 0 Å². The largest absolute Gasteiger partial charge is 0.497 e. The molecule has 5 rings (SSSR count). The van der Waals surface area contributed by atoms with Crippen LogP contribution in [-0.2, 0) is 4.79 Å². The van der Waals surface area contributed by atoms with Crippen molar-refractivity contribution in [3.8, 4) is 22.9 Å². The van der Waals surface area contributed by atoms with Gasteiger partial charge in [-0.1, -0.05) is 24.3 Å². The van der Waals surface area contributed by atoms with Crippen molar-refractivity contribution in [3.05, 3.63) is 89.9 Å². The van der Waals surface area contributed by atoms with Gasteiger partial charge in [-0.3, -0.25) is 9.78 Å². The van der Waals surface area contributed by atoms with Gasteiger partial charge < -0.3 is 20.1 Å². The van der Waals surface area contributed by atoms with Gasteiger partial charge in [-0.15, -0.1) is 5.10 Å². The Labute approximate surface area is 208 Å². The van der Waals surface area contributed by atoms with Crippen LogP contribution < -0.4 is 20.1 Å². The van der Waals surface area contributed by atoms with Crippen molar-refractivity contribution < 1.29 is 14.3 Å². The molecule has 1 unspecified atom stereocenters. The molecule has 2 N–H and O–H groups in total. The van der Waals surface area contributed by atoms with E-state index in [4.69, 9.17) is 19.6 Å². The Morgan fingerprint density at radius 2 is 1.94 bits per heavy atom. The molecule has 1 amide bonds. The summed E-state index contributed by atoms with van der Waals surface area (Å²) in [5, 5.41) is 11.0. The Hall–Kier alpha value is -4.66. The van der Waals surface area contributed by atoms with Crippen LogP contribution in [0.5, 0.6) is 11.5 Å². The molecule has 0 radical (unpaired) electrons. The maximum absolute atomic E-state index is 13.6. The van der Waals surface area contributed by atoms with E-state index in [9.17, 15) is 4.79 Å². The number of carbonyl (C=O) groups is 1. The highest BCUT2D eigenvalue weighted by Crippen LogP contribution is 2.37. The number of allylic oxidation sites excluding steroid dienone is 1. The lowest BCUT2D eigenvalue weighted by Crippen LogP contribution is -2.31. The molecule has 0 fully saturated rings. The van der Waals surface area contributed by atoms with Gasteiger partial charge in [0.05, 0.1) is 31.2 Å². The lowest BCUT2D eigenvalue weighted by atomic mass is 9.95. The minimum atomic E-state index is -0.513. The van der Waals surface area contributed by atoms with Gasteiger partial charge in [0, 0.05) is 17.5 Å². The number of hydrogen-bond donors (Lipinski definition) is 2. The second-order valence-electron chi connectivity index (χ2n) is 8.20. The van der Waals surface area contributed by atoms with Crippen LogP contribution in [0.15, 0.2) is 84.3 Å². The summed E-state index contributed by atoms with van der Waals surface area (Å²) >= 11 is 0. The molecule has 36 heavy (non-hydrogen) atoms. The van der Waals surface area contributed by atoms with Crippen molar-refractivity contribution in [2.24, 2.45) is 0 Å². The summed E-state index contributed by atoms with van der Waals surface area (Å²) in [5.41, 5.74) is 3.50. The number of carbonyl (C=O) groups excluding carboxylic acids is 1. The molecule has 1 aliphatic rings. The number of methoxy groups -OCH3 is 1. The first-order valence-corrected chi connectivity index (χ1v) is 11.6. The molecular formula is C27H26N6O3. The number of rotatable bonds is 7. The third kappa shape index (κ3) is 4.50. The highest BCUT2D eigenvalue weighted by molar-refractivity contribution is 6.05. The first-order valence-electron chi connectivity index (χ1n) is 11.6. The third-order valence-corrected chi connectivity index (χ3v) is 5.85. The first kappa shape index (κ1) is 23.1. The van der Waals surface area contributed by atoms with Crippen LogP contribution in [0.1, 0.15) is 25.5 Å². The van der Waals surface area contributed by atoms with E-state index < -0.39 is 6.04 Å². The quantitative estimate of drug-likeness (QED) is 0.394. The minimum absolute atomic E-state index is 0.254. The summed E-state index contributed by atoms with van der Waals surface area (Å²) in [4.78, 5) is 22.4. The fourth-order valence-electron chi connectivity index (χ4n) is 4.19. The molecule has 0 saturated carbocycles. The lowest BCUT2D eigenvalue weighted by Gasteiger charge is -2.28. The van der Waals surface area contributed by atoms with Crippen molar-refractivity contribution in [2.45, 2.75) is 19.9 Å². The fraction of sp³-hybridized carbons (Fsp3) is 0.185. The number of benzene rings is 2. The summed E-state index contributed by atoms with van der Waals surface area (Å²) in [5.74, 6) is 2.28. The molecule has 1 atom stereocenters. The lowest BCUT2D eigenvalue weighted by molar-refractivity contribution is -0.113. The summed E-state index contributed by atoms with van der Waals surface area (Å²) in [6, 6.07) is 18.3. The average molecular weight is 483 g/mol. The average Bonchev–Trinajstić information content (AvgIpc) is 3.33. The summed E-state index contributed by atoms with van der Waals surface area (Å²) in [6.07, 6.45) is 3.27. The highest BCUT2D eigenvalue weighted by Gasteiger charge is 2.34. The van der Waals surface area contributed by atoms with E-state index in [0.29, 0.717) is 41.1 Å². The predicted molar refractivity (Wildman–Crippen MR) is 137 cm³/mol. The molecule has 2 aromatic carbocycles. The van der Waals surface area contributed by atoms with Gasteiger partial charge in [0.2, 0.25) is 5.95 Å². The predicted octanol–water partition coefficient (Wildman–Crippen LogP) is 4.68. The SMILES string of the molecule is CCOc1ccc(C2C(C(=O)Nc3cccnc3)=C(C)Nc3nc(-c4cccc(OC)c4)nn32)cc1. The second-order valence-corrected chi connectivity index (χ2v) is 8.20. The topological polar surface area (TPSA) is 103 Å². The van der Waals surface area contributed by atoms with E-state index in [1.165, 1.54) is 0 Å². The number of nitrogens with one attached hydrogen (secondary N) is 2. The van der Waals surface area contributed by atoms with E-state index in [-0.39, 0.29) is 5.91 Å². The van der Waals surface area contributed by atoms with Gasteiger partial charge in [-0.05, 0) is 55.8 Å². The van der Waals surface area contributed by atoms with Crippen LogP contribution in [-0.4, -0.2) is 39.4 Å². The molecule has 9 heteroatoms. The van der Waals surface area contributed by atoms with Gasteiger partial charge in [0.25, 0.3) is 5.91 Å². The van der Waals surface area contributed by atoms with Crippen LogP contribution in [0, 0.1) is 0 Å². The van der Waals surface area contributed by atoms with Gasteiger partial charge in [0.15, 0.2) is 5.82 Å². The van der Waals surface area contributed by atoms with E-state index in [0.717, 1.165) is 16.9 Å². The van der Waals surface area contributed by atoms with Crippen molar-refractivity contribution in [1.29, 1.82) is 0 Å². The number of aromatic nitrogens is 4. The molecule has 4 aromatic rings. The molecule has 0 aliphatic carbocycles. The van der Waals surface area contributed by atoms with Crippen LogP contribution in [0.3, 0.4) is 0 Å². The van der Waals surface area contributed by atoms with Crippen molar-refractivity contribution >= 4 is 17.5 Å². The van der Waals surface area contributed by atoms with E-state index in [1.807, 2.05) is 62.4 Å². The van der Waals surface area contributed by atoms with Gasteiger partial charge in [-0.2, -0.15) is 4.98 Å². The summed E-state index contributed by atoms with van der Waals surface area (Å²) in [6.45, 7) is 4.38. The van der Waals surface area contributed by atoms with Gasteiger partial charge in [0.1, 0.15) is 17.5 Å². The standard InChI is InChI=1S/C27H26N6O3/c1-4-36-21-12-10-18(11-13-21)24-23(26(34)30-20-8-6-14-28-16-20)17(2)29-27-31-25(32-33(24)27)19-7-5-9-22(15-19)35-3/h5-16,24H,4H2,1-3H3,(H,30,34)(H,29,31,32). The van der Waals surface area contributed by atoms with Crippen LogP contribution in [0.25, 0.3) is 11.4 Å². The number of ether oxygens (including phenoxy) is 2. The van der Waals surface area contributed by atoms with Crippen LogP contribution in [0.4, 0.5) is 11.6 Å². The molecule has 1 aliphatic heterocycles. The zero-order valence-electron chi connectivity index (χ0n) is 20.2. The molecule has 0 bridgehead atoms. The van der Waals surface area contributed by atoms with Gasteiger partial charge >= 0.3 is 0 Å². The van der Waals surface area contributed by atoms with E-state index in [1.54, 1.807) is 36.3 Å². The Bertz CT molecular complexity index is 1410. The van der Waals surface area contributed by atoms with Crippen molar-refractivity contribution in [2.75, 3.05) is 24.4 Å². The second kappa shape index (κ2) is 9.91. The molecule has 0 saturated heterocycles. The number of fused-ring (bicyclic) bond motifs is 1. The molecule has 3 heterocycles. The number of anilines is 2. The smallest absolute Gasteiger partial charge is 0.255 e. The van der Waals surface area contributed by atoms with E-state index >= 15 is 0 Å².